The fourth-order valence-corrected chi connectivity index (χ4v) is 2.58. The Bertz CT molecular complexity index is 920. The number of ether oxygens (including phenoxy) is 1. The number of aromatic nitrogens is 3. The second-order valence-corrected chi connectivity index (χ2v) is 5.56. The number of carboxylic acid groups (broad SMARTS) is 1. The molecule has 0 aliphatic rings. The van der Waals surface area contributed by atoms with E-state index in [-0.39, 0.29) is 18.6 Å². The molecule has 0 amide bonds. The number of pyridine rings is 1. The monoisotopic (exact) mass is 365 g/mol. The van der Waals surface area contributed by atoms with Crippen molar-refractivity contribution < 1.29 is 27.8 Å². The lowest BCUT2D eigenvalue weighted by Crippen LogP contribution is -2.17. The van der Waals surface area contributed by atoms with Gasteiger partial charge in [0.25, 0.3) is 0 Å². The van der Waals surface area contributed by atoms with E-state index in [0.29, 0.717) is 17.9 Å². The number of carbonyl (C=O) groups is 1. The van der Waals surface area contributed by atoms with Crippen LogP contribution in [0.4, 0.5) is 13.2 Å². The molecule has 136 valence electrons. The standard InChI is InChI=1S/C17H14F3N3O3/c18-17(19,20)26-12-3-1-11(2-4-12)10-23-14-9-21-8-7-13(14)22-15(23)5-6-16(24)25/h1-4,7-9H,5-6,10H2,(H,24,25). The first-order valence-corrected chi connectivity index (χ1v) is 7.67. The normalized spacial score (nSPS) is 11.7. The lowest BCUT2D eigenvalue weighted by Gasteiger charge is -2.11. The van der Waals surface area contributed by atoms with Crippen molar-refractivity contribution in [1.29, 1.82) is 0 Å². The Morgan fingerprint density at radius 1 is 1.19 bits per heavy atom. The molecular formula is C17H14F3N3O3. The number of alkyl halides is 3. The van der Waals surface area contributed by atoms with Crippen LogP contribution in [0.2, 0.25) is 0 Å². The van der Waals surface area contributed by atoms with Gasteiger partial charge in [0.05, 0.1) is 23.7 Å². The van der Waals surface area contributed by atoms with Crippen LogP contribution in [0.25, 0.3) is 11.0 Å². The highest BCUT2D eigenvalue weighted by Crippen LogP contribution is 2.24. The average Bonchev–Trinajstić information content (AvgIpc) is 2.91. The van der Waals surface area contributed by atoms with Crippen LogP contribution in [-0.4, -0.2) is 32.0 Å². The van der Waals surface area contributed by atoms with Gasteiger partial charge in [-0.3, -0.25) is 9.78 Å². The van der Waals surface area contributed by atoms with Gasteiger partial charge in [-0.1, -0.05) is 12.1 Å². The van der Waals surface area contributed by atoms with E-state index in [0.717, 1.165) is 11.1 Å². The molecule has 3 rings (SSSR count). The molecule has 3 aromatic rings. The van der Waals surface area contributed by atoms with Crippen molar-refractivity contribution in [2.75, 3.05) is 0 Å². The van der Waals surface area contributed by atoms with Gasteiger partial charge in [0.15, 0.2) is 0 Å². The minimum atomic E-state index is -4.74. The van der Waals surface area contributed by atoms with Crippen molar-refractivity contribution >= 4 is 17.0 Å². The van der Waals surface area contributed by atoms with Crippen LogP contribution in [0, 0.1) is 0 Å². The molecule has 26 heavy (non-hydrogen) atoms. The van der Waals surface area contributed by atoms with Gasteiger partial charge in [-0.2, -0.15) is 0 Å². The van der Waals surface area contributed by atoms with Crippen LogP contribution < -0.4 is 4.74 Å². The molecule has 0 saturated carbocycles. The zero-order valence-electron chi connectivity index (χ0n) is 13.4. The summed E-state index contributed by atoms with van der Waals surface area (Å²) in [7, 11) is 0. The molecule has 0 atom stereocenters. The van der Waals surface area contributed by atoms with Crippen LogP contribution >= 0.6 is 0 Å². The first kappa shape index (κ1) is 17.7. The summed E-state index contributed by atoms with van der Waals surface area (Å²) >= 11 is 0. The highest BCUT2D eigenvalue weighted by molar-refractivity contribution is 5.75. The maximum absolute atomic E-state index is 12.2. The SMILES string of the molecule is O=C(O)CCc1nc2ccncc2n1Cc1ccc(OC(F)(F)F)cc1. The van der Waals surface area contributed by atoms with E-state index in [1.165, 1.54) is 24.3 Å². The summed E-state index contributed by atoms with van der Waals surface area (Å²) in [4.78, 5) is 19.3. The Labute approximate surface area is 145 Å². The smallest absolute Gasteiger partial charge is 0.481 e. The molecule has 0 aliphatic carbocycles. The van der Waals surface area contributed by atoms with Gasteiger partial charge in [0, 0.05) is 19.2 Å². The van der Waals surface area contributed by atoms with Crippen molar-refractivity contribution in [3.63, 3.8) is 0 Å². The van der Waals surface area contributed by atoms with Gasteiger partial charge in [0.2, 0.25) is 0 Å². The first-order chi connectivity index (χ1) is 12.3. The molecule has 0 spiro atoms. The molecule has 1 N–H and O–H groups in total. The Morgan fingerprint density at radius 2 is 1.92 bits per heavy atom. The second-order valence-electron chi connectivity index (χ2n) is 5.56. The van der Waals surface area contributed by atoms with Gasteiger partial charge in [-0.25, -0.2) is 4.98 Å². The average molecular weight is 365 g/mol. The summed E-state index contributed by atoms with van der Waals surface area (Å²) in [6.07, 6.45) is -1.37. The fourth-order valence-electron chi connectivity index (χ4n) is 2.58. The molecule has 2 aromatic heterocycles. The Balaban J connectivity index is 1.87. The second kappa shape index (κ2) is 7.03. The molecule has 6 nitrogen and oxygen atoms in total. The van der Waals surface area contributed by atoms with Crippen molar-refractivity contribution in [2.45, 2.75) is 25.7 Å². The molecule has 0 aliphatic heterocycles. The molecule has 2 heterocycles. The van der Waals surface area contributed by atoms with Crippen LogP contribution in [-0.2, 0) is 17.8 Å². The summed E-state index contributed by atoms with van der Waals surface area (Å²) in [5.41, 5.74) is 2.13. The third-order valence-electron chi connectivity index (χ3n) is 3.69. The van der Waals surface area contributed by atoms with E-state index in [4.69, 9.17) is 5.11 Å². The lowest BCUT2D eigenvalue weighted by atomic mass is 10.2. The van der Waals surface area contributed by atoms with Gasteiger partial charge in [0.1, 0.15) is 11.6 Å². The van der Waals surface area contributed by atoms with E-state index in [1.807, 2.05) is 4.57 Å². The zero-order valence-corrected chi connectivity index (χ0v) is 13.4. The Kier molecular flexibility index (Phi) is 4.79. The maximum atomic E-state index is 12.2. The van der Waals surface area contributed by atoms with E-state index >= 15 is 0 Å². The van der Waals surface area contributed by atoms with E-state index in [2.05, 4.69) is 14.7 Å². The predicted molar refractivity (Wildman–Crippen MR) is 85.7 cm³/mol. The van der Waals surface area contributed by atoms with Crippen molar-refractivity contribution in [1.82, 2.24) is 14.5 Å². The number of hydrogen-bond donors (Lipinski definition) is 1. The Morgan fingerprint density at radius 3 is 2.58 bits per heavy atom. The molecule has 9 heteroatoms. The summed E-state index contributed by atoms with van der Waals surface area (Å²) in [5.74, 6) is -0.661. The highest BCUT2D eigenvalue weighted by atomic mass is 19.4. The number of aryl methyl sites for hydroxylation is 1. The zero-order chi connectivity index (χ0) is 18.7. The molecule has 1 aromatic carbocycles. The molecule has 0 radical (unpaired) electrons. The Hall–Kier alpha value is -3.10. The minimum Gasteiger partial charge on any atom is -0.481 e. The fraction of sp³-hybridized carbons (Fsp3) is 0.235. The van der Waals surface area contributed by atoms with Crippen molar-refractivity contribution in [3.8, 4) is 5.75 Å². The molecule has 0 bridgehead atoms. The predicted octanol–water partition coefficient (Wildman–Crippen LogP) is 3.40. The number of nitrogens with zero attached hydrogens (tertiary/aromatic N) is 3. The summed E-state index contributed by atoms with van der Waals surface area (Å²) in [5, 5.41) is 8.90. The maximum Gasteiger partial charge on any atom is 0.573 e. The number of imidazole rings is 1. The van der Waals surface area contributed by atoms with Gasteiger partial charge < -0.3 is 14.4 Å². The van der Waals surface area contributed by atoms with Gasteiger partial charge in [-0.15, -0.1) is 13.2 Å². The number of rotatable bonds is 6. The number of carboxylic acids is 1. The van der Waals surface area contributed by atoms with Crippen LogP contribution in [0.1, 0.15) is 17.8 Å². The topological polar surface area (TPSA) is 77.2 Å². The molecule has 0 unspecified atom stereocenters. The minimum absolute atomic E-state index is 0.0743. The highest BCUT2D eigenvalue weighted by Gasteiger charge is 2.30. The van der Waals surface area contributed by atoms with Crippen LogP contribution in [0.15, 0.2) is 42.7 Å². The third kappa shape index (κ3) is 4.29. The summed E-state index contributed by atoms with van der Waals surface area (Å²) in [6.45, 7) is 0.323. The third-order valence-corrected chi connectivity index (χ3v) is 3.69. The van der Waals surface area contributed by atoms with E-state index in [1.54, 1.807) is 18.5 Å². The summed E-state index contributed by atoms with van der Waals surface area (Å²) < 4.78 is 42.4. The number of fused-ring (bicyclic) bond motifs is 1. The first-order valence-electron chi connectivity index (χ1n) is 7.67. The summed E-state index contributed by atoms with van der Waals surface area (Å²) in [6, 6.07) is 7.22. The molecule has 0 fully saturated rings. The van der Waals surface area contributed by atoms with E-state index < -0.39 is 12.3 Å². The van der Waals surface area contributed by atoms with Gasteiger partial charge >= 0.3 is 12.3 Å². The number of benzene rings is 1. The molecule has 0 saturated heterocycles. The molecular weight excluding hydrogens is 351 g/mol. The van der Waals surface area contributed by atoms with Gasteiger partial charge in [-0.05, 0) is 23.8 Å². The van der Waals surface area contributed by atoms with Crippen LogP contribution in [0.3, 0.4) is 0 Å². The number of hydrogen-bond acceptors (Lipinski definition) is 4. The lowest BCUT2D eigenvalue weighted by molar-refractivity contribution is -0.274. The van der Waals surface area contributed by atoms with Crippen molar-refractivity contribution in [2.24, 2.45) is 0 Å². The van der Waals surface area contributed by atoms with Crippen LogP contribution in [0.5, 0.6) is 5.75 Å². The van der Waals surface area contributed by atoms with E-state index in [9.17, 15) is 18.0 Å². The quantitative estimate of drug-likeness (QED) is 0.725. The van der Waals surface area contributed by atoms with Crippen molar-refractivity contribution in [3.05, 3.63) is 54.1 Å². The number of aliphatic carboxylic acids is 1. The largest absolute Gasteiger partial charge is 0.573 e. The number of halogens is 3.